The topological polar surface area (TPSA) is 34.8 Å². The number of aryl methyl sites for hydroxylation is 1. The minimum absolute atomic E-state index is 0.392. The van der Waals surface area contributed by atoms with Crippen LogP contribution in [-0.4, -0.2) is 4.98 Å². The molecule has 1 aromatic heterocycles. The van der Waals surface area contributed by atoms with Gasteiger partial charge in [-0.3, -0.25) is 10.3 Å². The maximum atomic E-state index is 4.38. The second-order valence-electron chi connectivity index (χ2n) is 4.29. The molecule has 1 N–H and O–H groups in total. The van der Waals surface area contributed by atoms with Gasteiger partial charge in [-0.2, -0.15) is 0 Å². The maximum absolute atomic E-state index is 4.38. The van der Waals surface area contributed by atoms with E-state index < -0.39 is 0 Å². The summed E-state index contributed by atoms with van der Waals surface area (Å²) in [5, 5.41) is 3.47. The number of hydrogen-bond acceptors (Lipinski definition) is 2. The monoisotopic (exact) mass is 210 g/mol. The minimum Gasteiger partial charge on any atom is -0.298 e. The van der Waals surface area contributed by atoms with Crippen LogP contribution in [0.4, 0.5) is 0 Å². The van der Waals surface area contributed by atoms with Crippen molar-refractivity contribution in [2.45, 2.75) is 19.0 Å². The van der Waals surface area contributed by atoms with Crippen LogP contribution in [-0.2, 0) is 0 Å². The van der Waals surface area contributed by atoms with Crippen LogP contribution >= 0.6 is 0 Å². The molecule has 0 aliphatic carbocycles. The van der Waals surface area contributed by atoms with Crippen LogP contribution in [0.2, 0.25) is 0 Å². The largest absolute Gasteiger partial charge is 0.298 e. The van der Waals surface area contributed by atoms with E-state index in [1.54, 1.807) is 0 Å². The van der Waals surface area contributed by atoms with Crippen molar-refractivity contribution in [3.05, 3.63) is 65.5 Å². The number of hydrogen-bond donors (Lipinski definition) is 1. The molecule has 0 radical (unpaired) electrons. The minimum atomic E-state index is 0.392. The van der Waals surface area contributed by atoms with Gasteiger partial charge < -0.3 is 0 Å². The lowest BCUT2D eigenvalue weighted by Gasteiger charge is -1.99. The van der Waals surface area contributed by atoms with E-state index in [9.17, 15) is 0 Å². The summed E-state index contributed by atoms with van der Waals surface area (Å²) in [6.45, 7) is 2.13. The van der Waals surface area contributed by atoms with Crippen molar-refractivity contribution in [3.8, 4) is 0 Å². The molecule has 2 aromatic rings. The van der Waals surface area contributed by atoms with E-state index in [4.69, 9.17) is 0 Å². The lowest BCUT2D eigenvalue weighted by molar-refractivity contribution is 0.961. The maximum Gasteiger partial charge on any atom is 0.0698 e. The molecule has 1 aliphatic rings. The van der Waals surface area contributed by atoms with Gasteiger partial charge in [0, 0.05) is 6.20 Å². The predicted molar refractivity (Wildman–Crippen MR) is 64.0 cm³/mol. The third kappa shape index (κ3) is 1.72. The summed E-state index contributed by atoms with van der Waals surface area (Å²) in [6.07, 6.45) is 1.85. The summed E-state index contributed by atoms with van der Waals surface area (Å²) in [4.78, 5) is 4.38. The second kappa shape index (κ2) is 3.72. The van der Waals surface area contributed by atoms with Crippen LogP contribution in [0.25, 0.3) is 0 Å². The first-order chi connectivity index (χ1) is 7.84. The Bertz CT molecular complexity index is 493. The molecule has 0 saturated carbocycles. The fraction of sp³-hybridized carbons (Fsp3) is 0.214. The third-order valence-corrected chi connectivity index (χ3v) is 2.99. The number of pyridine rings is 1. The standard InChI is InChI=1S/C14H14N2/c1-10-5-4-6-11(9-10)13-14(16-13)12-7-2-3-8-15-12/h2-9,13-14,16H,1H3. The highest BCUT2D eigenvalue weighted by Gasteiger charge is 2.39. The summed E-state index contributed by atoms with van der Waals surface area (Å²) in [5.41, 5.74) is 3.80. The average Bonchev–Trinajstić information content (AvgIpc) is 3.10. The van der Waals surface area contributed by atoms with Crippen molar-refractivity contribution in [1.29, 1.82) is 0 Å². The summed E-state index contributed by atoms with van der Waals surface area (Å²) in [5.74, 6) is 0. The fourth-order valence-electron chi connectivity index (χ4n) is 2.11. The Hall–Kier alpha value is -1.67. The molecule has 3 rings (SSSR count). The molecule has 1 fully saturated rings. The van der Waals surface area contributed by atoms with Gasteiger partial charge in [0.25, 0.3) is 0 Å². The summed E-state index contributed by atoms with van der Waals surface area (Å²) < 4.78 is 0. The first-order valence-electron chi connectivity index (χ1n) is 5.58. The van der Waals surface area contributed by atoms with Gasteiger partial charge in [0.05, 0.1) is 17.8 Å². The summed E-state index contributed by atoms with van der Waals surface area (Å²) in [6, 6.07) is 15.5. The van der Waals surface area contributed by atoms with Crippen LogP contribution in [0.3, 0.4) is 0 Å². The summed E-state index contributed by atoms with van der Waals surface area (Å²) in [7, 11) is 0. The molecule has 2 nitrogen and oxygen atoms in total. The Labute approximate surface area is 95.3 Å². The number of benzene rings is 1. The zero-order valence-electron chi connectivity index (χ0n) is 9.22. The highest BCUT2D eigenvalue weighted by Crippen LogP contribution is 2.41. The molecule has 2 heterocycles. The number of nitrogens with zero attached hydrogens (tertiary/aromatic N) is 1. The van der Waals surface area contributed by atoms with Crippen molar-refractivity contribution in [2.24, 2.45) is 0 Å². The molecule has 2 heteroatoms. The van der Waals surface area contributed by atoms with Gasteiger partial charge in [-0.25, -0.2) is 0 Å². The van der Waals surface area contributed by atoms with E-state index in [0.29, 0.717) is 12.1 Å². The zero-order valence-corrected chi connectivity index (χ0v) is 9.22. The molecular formula is C14H14N2. The van der Waals surface area contributed by atoms with E-state index in [1.807, 2.05) is 18.3 Å². The van der Waals surface area contributed by atoms with Crippen molar-refractivity contribution >= 4 is 0 Å². The summed E-state index contributed by atoms with van der Waals surface area (Å²) >= 11 is 0. The van der Waals surface area contributed by atoms with Gasteiger partial charge in [0.1, 0.15) is 0 Å². The number of aromatic nitrogens is 1. The van der Waals surface area contributed by atoms with Crippen LogP contribution in [0, 0.1) is 6.92 Å². The normalized spacial score (nSPS) is 23.1. The molecule has 0 bridgehead atoms. The molecular weight excluding hydrogens is 196 g/mol. The molecule has 0 spiro atoms. The van der Waals surface area contributed by atoms with Crippen LogP contribution in [0.5, 0.6) is 0 Å². The zero-order chi connectivity index (χ0) is 11.0. The van der Waals surface area contributed by atoms with E-state index >= 15 is 0 Å². The lowest BCUT2D eigenvalue weighted by Crippen LogP contribution is -1.88. The van der Waals surface area contributed by atoms with Gasteiger partial charge in [-0.05, 0) is 24.6 Å². The Kier molecular flexibility index (Phi) is 2.22. The van der Waals surface area contributed by atoms with E-state index in [0.717, 1.165) is 5.69 Å². The molecule has 1 aromatic carbocycles. The Morgan fingerprint density at radius 1 is 1.06 bits per heavy atom. The van der Waals surface area contributed by atoms with E-state index in [2.05, 4.69) is 47.6 Å². The molecule has 2 unspecified atom stereocenters. The Balaban J connectivity index is 1.82. The molecule has 2 atom stereocenters. The van der Waals surface area contributed by atoms with Crippen LogP contribution < -0.4 is 5.32 Å². The molecule has 0 amide bonds. The Morgan fingerprint density at radius 2 is 2.00 bits per heavy atom. The number of rotatable bonds is 2. The molecule has 16 heavy (non-hydrogen) atoms. The predicted octanol–water partition coefficient (Wildman–Crippen LogP) is 2.78. The smallest absolute Gasteiger partial charge is 0.0698 e. The highest BCUT2D eigenvalue weighted by atomic mass is 15.2. The molecule has 1 aliphatic heterocycles. The van der Waals surface area contributed by atoms with Gasteiger partial charge >= 0.3 is 0 Å². The molecule has 80 valence electrons. The van der Waals surface area contributed by atoms with Gasteiger partial charge in [0.15, 0.2) is 0 Å². The van der Waals surface area contributed by atoms with Crippen LogP contribution in [0.15, 0.2) is 48.7 Å². The SMILES string of the molecule is Cc1cccc(C2NC2c2ccccn2)c1. The van der Waals surface area contributed by atoms with Crippen molar-refractivity contribution in [2.75, 3.05) is 0 Å². The average molecular weight is 210 g/mol. The number of nitrogens with one attached hydrogen (secondary N) is 1. The van der Waals surface area contributed by atoms with E-state index in [-0.39, 0.29) is 0 Å². The van der Waals surface area contributed by atoms with Gasteiger partial charge in [0.2, 0.25) is 0 Å². The second-order valence-corrected chi connectivity index (χ2v) is 4.29. The molecule has 1 saturated heterocycles. The van der Waals surface area contributed by atoms with Crippen molar-refractivity contribution in [3.63, 3.8) is 0 Å². The fourth-order valence-corrected chi connectivity index (χ4v) is 2.11. The first kappa shape index (κ1) is 9.55. The third-order valence-electron chi connectivity index (χ3n) is 2.99. The lowest BCUT2D eigenvalue weighted by atomic mass is 10.1. The van der Waals surface area contributed by atoms with Crippen molar-refractivity contribution in [1.82, 2.24) is 10.3 Å². The van der Waals surface area contributed by atoms with Gasteiger partial charge in [-0.1, -0.05) is 35.9 Å². The van der Waals surface area contributed by atoms with E-state index in [1.165, 1.54) is 11.1 Å². The first-order valence-corrected chi connectivity index (χ1v) is 5.58. The van der Waals surface area contributed by atoms with Gasteiger partial charge in [-0.15, -0.1) is 0 Å². The van der Waals surface area contributed by atoms with Crippen molar-refractivity contribution < 1.29 is 0 Å². The highest BCUT2D eigenvalue weighted by molar-refractivity contribution is 5.33. The Morgan fingerprint density at radius 3 is 2.75 bits per heavy atom. The van der Waals surface area contributed by atoms with Crippen LogP contribution in [0.1, 0.15) is 28.9 Å². The quantitative estimate of drug-likeness (QED) is 0.773.